The fourth-order valence-corrected chi connectivity index (χ4v) is 2.46. The molecule has 1 amide bonds. The number of ether oxygens (including phenoxy) is 1. The summed E-state index contributed by atoms with van der Waals surface area (Å²) in [6, 6.07) is 3.86. The third-order valence-corrected chi connectivity index (χ3v) is 3.55. The van der Waals surface area contributed by atoms with Gasteiger partial charge in [-0.25, -0.2) is 9.59 Å². The third kappa shape index (κ3) is 3.41. The molecule has 1 aliphatic rings. The van der Waals surface area contributed by atoms with E-state index >= 15 is 0 Å². The van der Waals surface area contributed by atoms with Crippen LogP contribution in [0.2, 0.25) is 0 Å². The van der Waals surface area contributed by atoms with Gasteiger partial charge in [-0.2, -0.15) is 0 Å². The van der Waals surface area contributed by atoms with Gasteiger partial charge in [0.2, 0.25) is 5.91 Å². The van der Waals surface area contributed by atoms with Gasteiger partial charge in [-0.05, 0) is 29.6 Å². The fraction of sp³-hybridized carbons (Fsp3) is 0.357. The van der Waals surface area contributed by atoms with Gasteiger partial charge in [-0.3, -0.25) is 4.79 Å². The van der Waals surface area contributed by atoms with E-state index in [0.717, 1.165) is 0 Å². The van der Waals surface area contributed by atoms with Crippen molar-refractivity contribution in [3.8, 4) is 0 Å². The number of amides is 1. The summed E-state index contributed by atoms with van der Waals surface area (Å²) in [6.45, 7) is 0.399. The summed E-state index contributed by atoms with van der Waals surface area (Å²) in [5, 5.41) is 12.5. The normalized spacial score (nSPS) is 16.8. The molecule has 0 saturated carbocycles. The van der Waals surface area contributed by atoms with E-state index < -0.39 is 11.9 Å². The van der Waals surface area contributed by atoms with E-state index in [1.165, 1.54) is 30.2 Å². The Morgan fingerprint density at radius 2 is 2.26 bits per heavy atom. The Morgan fingerprint density at radius 1 is 1.52 bits per heavy atom. The monoisotopic (exact) mass is 318 g/mol. The second kappa shape index (κ2) is 6.80. The number of nitrogens with zero attached hydrogens (tertiary/aromatic N) is 4. The number of anilines is 1. The second-order valence-corrected chi connectivity index (χ2v) is 5.02. The second-order valence-electron chi connectivity index (χ2n) is 5.02. The van der Waals surface area contributed by atoms with Crippen molar-refractivity contribution in [2.45, 2.75) is 6.42 Å². The summed E-state index contributed by atoms with van der Waals surface area (Å²) in [4.78, 5) is 39.2. The molecule has 1 N–H and O–H groups in total. The van der Waals surface area contributed by atoms with E-state index in [4.69, 9.17) is 10.6 Å². The summed E-state index contributed by atoms with van der Waals surface area (Å²) in [5.74, 6) is -2.28. The Morgan fingerprint density at radius 3 is 2.87 bits per heavy atom. The Labute approximate surface area is 131 Å². The van der Waals surface area contributed by atoms with Crippen molar-refractivity contribution in [3.63, 3.8) is 0 Å². The molecule has 120 valence electrons. The topological polar surface area (TPSA) is 133 Å². The zero-order valence-electron chi connectivity index (χ0n) is 12.3. The zero-order chi connectivity index (χ0) is 17.0. The number of carbonyl (C=O) groups is 3. The molecule has 1 aliphatic heterocycles. The first-order valence-corrected chi connectivity index (χ1v) is 6.74. The maximum Gasteiger partial charge on any atom is 0.339 e. The lowest BCUT2D eigenvalue weighted by Crippen LogP contribution is -2.27. The molecule has 1 heterocycles. The third-order valence-electron chi connectivity index (χ3n) is 3.55. The number of carboxylic acids is 1. The minimum Gasteiger partial charge on any atom is -0.478 e. The van der Waals surface area contributed by atoms with Crippen molar-refractivity contribution in [1.29, 1.82) is 0 Å². The largest absolute Gasteiger partial charge is 0.478 e. The Balaban J connectivity index is 2.41. The van der Waals surface area contributed by atoms with Crippen LogP contribution < -0.4 is 4.90 Å². The summed E-state index contributed by atoms with van der Waals surface area (Å²) in [5.41, 5.74) is 8.60. The number of benzene rings is 1. The molecule has 0 bridgehead atoms. The highest BCUT2D eigenvalue weighted by molar-refractivity contribution is 6.05. The lowest BCUT2D eigenvalue weighted by atomic mass is 10.1. The van der Waals surface area contributed by atoms with Gasteiger partial charge in [0.1, 0.15) is 0 Å². The minimum atomic E-state index is -1.17. The van der Waals surface area contributed by atoms with Crippen molar-refractivity contribution < 1.29 is 24.2 Å². The van der Waals surface area contributed by atoms with E-state index in [-0.39, 0.29) is 48.1 Å². The van der Waals surface area contributed by atoms with E-state index in [2.05, 4.69) is 14.8 Å². The summed E-state index contributed by atoms with van der Waals surface area (Å²) in [6.07, 6.45) is 0.164. The SMILES string of the molecule is COC(=O)c1ccc(C(=O)O)cc1N1CC(CN=[N+]=[N-])CC1=O. The molecule has 1 saturated heterocycles. The molecule has 0 aromatic heterocycles. The summed E-state index contributed by atoms with van der Waals surface area (Å²) >= 11 is 0. The number of hydrogen-bond acceptors (Lipinski definition) is 5. The molecule has 0 radical (unpaired) electrons. The lowest BCUT2D eigenvalue weighted by Gasteiger charge is -2.20. The van der Waals surface area contributed by atoms with Gasteiger partial charge in [-0.1, -0.05) is 5.11 Å². The molecule has 9 heteroatoms. The Bertz CT molecular complexity index is 711. The molecule has 23 heavy (non-hydrogen) atoms. The van der Waals surface area contributed by atoms with Gasteiger partial charge in [0, 0.05) is 24.4 Å². The fourth-order valence-electron chi connectivity index (χ4n) is 2.46. The van der Waals surface area contributed by atoms with Gasteiger partial charge < -0.3 is 14.7 Å². The molecule has 1 aromatic rings. The van der Waals surface area contributed by atoms with Crippen molar-refractivity contribution in [3.05, 3.63) is 39.8 Å². The van der Waals surface area contributed by atoms with Crippen LogP contribution in [0.15, 0.2) is 23.3 Å². The highest BCUT2D eigenvalue weighted by Gasteiger charge is 2.33. The van der Waals surface area contributed by atoms with Crippen LogP contribution in [0.1, 0.15) is 27.1 Å². The van der Waals surface area contributed by atoms with Crippen LogP contribution in [0, 0.1) is 5.92 Å². The zero-order valence-corrected chi connectivity index (χ0v) is 12.3. The average Bonchev–Trinajstić information content (AvgIpc) is 2.92. The number of carboxylic acid groups (broad SMARTS) is 1. The smallest absolute Gasteiger partial charge is 0.339 e. The van der Waals surface area contributed by atoms with Gasteiger partial charge in [0.25, 0.3) is 0 Å². The first-order chi connectivity index (χ1) is 11.0. The van der Waals surface area contributed by atoms with Crippen LogP contribution in [0.3, 0.4) is 0 Å². The van der Waals surface area contributed by atoms with E-state index in [1.807, 2.05) is 0 Å². The quantitative estimate of drug-likeness (QED) is 0.382. The number of aromatic carboxylic acids is 1. The van der Waals surface area contributed by atoms with Crippen LogP contribution >= 0.6 is 0 Å². The molecular weight excluding hydrogens is 304 g/mol. The number of azide groups is 1. The highest BCUT2D eigenvalue weighted by atomic mass is 16.5. The number of esters is 1. The summed E-state index contributed by atoms with van der Waals surface area (Å²) < 4.78 is 4.67. The van der Waals surface area contributed by atoms with Crippen LogP contribution in [-0.4, -0.2) is 43.2 Å². The van der Waals surface area contributed by atoms with E-state index in [1.54, 1.807) is 0 Å². The molecule has 1 atom stereocenters. The van der Waals surface area contributed by atoms with Gasteiger partial charge in [0.15, 0.2) is 0 Å². The molecule has 0 spiro atoms. The van der Waals surface area contributed by atoms with Crippen LogP contribution in [0.25, 0.3) is 10.4 Å². The van der Waals surface area contributed by atoms with Gasteiger partial charge in [0.05, 0.1) is 23.9 Å². The number of methoxy groups -OCH3 is 1. The van der Waals surface area contributed by atoms with Gasteiger partial charge >= 0.3 is 11.9 Å². The first kappa shape index (κ1) is 16.3. The predicted octanol–water partition coefficient (Wildman–Crippen LogP) is 1.83. The summed E-state index contributed by atoms with van der Waals surface area (Å²) in [7, 11) is 1.20. The predicted molar refractivity (Wildman–Crippen MR) is 79.2 cm³/mol. The number of rotatable bonds is 5. The first-order valence-electron chi connectivity index (χ1n) is 6.74. The molecule has 1 fully saturated rings. The van der Waals surface area contributed by atoms with Gasteiger partial charge in [-0.15, -0.1) is 0 Å². The number of carbonyl (C=O) groups excluding carboxylic acids is 2. The molecular formula is C14H14N4O5. The van der Waals surface area contributed by atoms with E-state index in [0.29, 0.717) is 0 Å². The lowest BCUT2D eigenvalue weighted by molar-refractivity contribution is -0.117. The average molecular weight is 318 g/mol. The minimum absolute atomic E-state index is 0.0426. The van der Waals surface area contributed by atoms with E-state index in [9.17, 15) is 14.4 Å². The van der Waals surface area contributed by atoms with Crippen LogP contribution in [0.5, 0.6) is 0 Å². The number of hydrogen-bond donors (Lipinski definition) is 1. The van der Waals surface area contributed by atoms with Crippen molar-refractivity contribution >= 4 is 23.5 Å². The molecule has 1 unspecified atom stereocenters. The molecule has 2 rings (SSSR count). The highest BCUT2D eigenvalue weighted by Crippen LogP contribution is 2.30. The maximum absolute atomic E-state index is 12.2. The van der Waals surface area contributed by atoms with Crippen molar-refractivity contribution in [1.82, 2.24) is 0 Å². The maximum atomic E-state index is 12.2. The molecule has 0 aliphatic carbocycles. The molecule has 1 aromatic carbocycles. The van der Waals surface area contributed by atoms with Crippen molar-refractivity contribution in [2.24, 2.45) is 11.0 Å². The Kier molecular flexibility index (Phi) is 4.82. The van der Waals surface area contributed by atoms with Crippen molar-refractivity contribution in [2.75, 3.05) is 25.1 Å². The van der Waals surface area contributed by atoms with Crippen LogP contribution in [-0.2, 0) is 9.53 Å². The Hall–Kier alpha value is -3.06. The van der Waals surface area contributed by atoms with Crippen LogP contribution in [0.4, 0.5) is 5.69 Å². The standard InChI is InChI=1S/C14H14N4O5/c1-23-14(22)10-3-2-9(13(20)21)5-11(10)18-7-8(4-12(18)19)6-16-17-15/h2-3,5,8H,4,6-7H2,1H3,(H,20,21). The molecule has 9 nitrogen and oxygen atoms in total.